The van der Waals surface area contributed by atoms with Crippen molar-refractivity contribution in [2.45, 2.75) is 17.9 Å². The quantitative estimate of drug-likeness (QED) is 0.617. The monoisotopic (exact) mass is 410 g/mol. The molecule has 0 fully saturated rings. The summed E-state index contributed by atoms with van der Waals surface area (Å²) in [6, 6.07) is 21.6. The summed E-state index contributed by atoms with van der Waals surface area (Å²) in [5.41, 5.74) is 1.37. The van der Waals surface area contributed by atoms with Crippen LogP contribution in [-0.4, -0.2) is 21.4 Å². The third kappa shape index (κ3) is 4.94. The van der Waals surface area contributed by atoms with Gasteiger partial charge in [0.25, 0.3) is 15.9 Å². The van der Waals surface area contributed by atoms with Gasteiger partial charge in [-0.1, -0.05) is 42.5 Å². The Bertz CT molecular complexity index is 1080. The highest BCUT2D eigenvalue weighted by molar-refractivity contribution is 7.92. The van der Waals surface area contributed by atoms with Crippen LogP contribution in [0.3, 0.4) is 0 Å². The smallest absolute Gasteiger partial charge is 0.261 e. The Labute approximate surface area is 170 Å². The van der Waals surface area contributed by atoms with Crippen molar-refractivity contribution in [3.8, 4) is 5.75 Å². The largest absolute Gasteiger partial charge is 0.497 e. The Morgan fingerprint density at radius 2 is 1.52 bits per heavy atom. The Morgan fingerprint density at radius 1 is 0.897 bits per heavy atom. The fraction of sp³-hybridized carbons (Fsp3) is 0.136. The highest BCUT2D eigenvalue weighted by Crippen LogP contribution is 2.22. The summed E-state index contributed by atoms with van der Waals surface area (Å²) < 4.78 is 32.9. The summed E-state index contributed by atoms with van der Waals surface area (Å²) in [5, 5.41) is 2.90. The number of sulfonamides is 1. The molecule has 3 aromatic carbocycles. The first kappa shape index (κ1) is 20.4. The normalized spacial score (nSPS) is 12.1. The van der Waals surface area contributed by atoms with Crippen LogP contribution in [0.25, 0.3) is 0 Å². The molecule has 0 aromatic heterocycles. The summed E-state index contributed by atoms with van der Waals surface area (Å²) in [7, 11) is -2.21. The second-order valence-corrected chi connectivity index (χ2v) is 8.11. The van der Waals surface area contributed by atoms with Crippen LogP contribution in [0.4, 0.5) is 5.69 Å². The minimum atomic E-state index is -3.80. The van der Waals surface area contributed by atoms with Crippen molar-refractivity contribution in [3.05, 3.63) is 90.0 Å². The van der Waals surface area contributed by atoms with Gasteiger partial charge in [0.1, 0.15) is 5.75 Å². The van der Waals surface area contributed by atoms with Crippen LogP contribution in [0.1, 0.15) is 28.9 Å². The highest BCUT2D eigenvalue weighted by Gasteiger charge is 2.19. The fourth-order valence-electron chi connectivity index (χ4n) is 2.82. The first-order valence-electron chi connectivity index (χ1n) is 9.02. The molecule has 0 unspecified atom stereocenters. The minimum absolute atomic E-state index is 0.127. The van der Waals surface area contributed by atoms with Crippen LogP contribution in [0.5, 0.6) is 5.75 Å². The van der Waals surface area contributed by atoms with Crippen LogP contribution in [-0.2, 0) is 10.0 Å². The van der Waals surface area contributed by atoms with Gasteiger partial charge in [0.2, 0.25) is 0 Å². The zero-order valence-electron chi connectivity index (χ0n) is 16.1. The summed E-state index contributed by atoms with van der Waals surface area (Å²) in [6.07, 6.45) is 0. The number of nitrogens with one attached hydrogen (secondary N) is 2. The van der Waals surface area contributed by atoms with Crippen LogP contribution in [0.15, 0.2) is 83.8 Å². The number of para-hydroxylation sites is 1. The van der Waals surface area contributed by atoms with Crippen molar-refractivity contribution in [3.63, 3.8) is 0 Å². The minimum Gasteiger partial charge on any atom is -0.497 e. The molecule has 0 spiro atoms. The van der Waals surface area contributed by atoms with Gasteiger partial charge in [-0.3, -0.25) is 9.52 Å². The van der Waals surface area contributed by atoms with E-state index in [1.807, 2.05) is 31.2 Å². The van der Waals surface area contributed by atoms with E-state index in [9.17, 15) is 13.2 Å². The average Bonchev–Trinajstić information content (AvgIpc) is 2.74. The van der Waals surface area contributed by atoms with Gasteiger partial charge in [0.05, 0.1) is 29.3 Å². The van der Waals surface area contributed by atoms with E-state index in [4.69, 9.17) is 4.74 Å². The summed E-state index contributed by atoms with van der Waals surface area (Å²) in [6.45, 7) is 1.86. The summed E-state index contributed by atoms with van der Waals surface area (Å²) >= 11 is 0. The Morgan fingerprint density at radius 3 is 2.17 bits per heavy atom. The maximum atomic E-state index is 12.8. The van der Waals surface area contributed by atoms with E-state index in [1.165, 1.54) is 12.1 Å². The summed E-state index contributed by atoms with van der Waals surface area (Å²) in [5.74, 6) is 0.354. The van der Waals surface area contributed by atoms with Gasteiger partial charge in [-0.2, -0.15) is 0 Å². The van der Waals surface area contributed by atoms with E-state index in [0.29, 0.717) is 0 Å². The zero-order valence-corrected chi connectivity index (χ0v) is 16.9. The SMILES string of the molecule is COc1ccc([C@@H](C)NC(=O)c2ccccc2NS(=O)(=O)c2ccccc2)cc1. The molecule has 0 aliphatic carbocycles. The molecule has 1 amide bonds. The van der Waals surface area contributed by atoms with Crippen LogP contribution < -0.4 is 14.8 Å². The van der Waals surface area contributed by atoms with Crippen molar-refractivity contribution in [1.82, 2.24) is 5.32 Å². The van der Waals surface area contributed by atoms with Gasteiger partial charge in [0, 0.05) is 0 Å². The van der Waals surface area contributed by atoms with E-state index < -0.39 is 10.0 Å². The molecule has 2 N–H and O–H groups in total. The number of benzene rings is 3. The number of ether oxygens (including phenoxy) is 1. The Kier molecular flexibility index (Phi) is 6.19. The second kappa shape index (κ2) is 8.79. The van der Waals surface area contributed by atoms with Crippen molar-refractivity contribution in [2.75, 3.05) is 11.8 Å². The third-order valence-electron chi connectivity index (χ3n) is 4.43. The van der Waals surface area contributed by atoms with E-state index in [-0.39, 0.29) is 28.1 Å². The molecule has 0 bridgehead atoms. The first-order valence-corrected chi connectivity index (χ1v) is 10.5. The molecule has 3 aromatic rings. The topological polar surface area (TPSA) is 84.5 Å². The lowest BCUT2D eigenvalue weighted by molar-refractivity contribution is 0.0941. The molecule has 7 heteroatoms. The van der Waals surface area contributed by atoms with Crippen LogP contribution in [0, 0.1) is 0 Å². The molecule has 0 heterocycles. The number of rotatable bonds is 7. The zero-order chi connectivity index (χ0) is 20.9. The molecule has 0 saturated carbocycles. The lowest BCUT2D eigenvalue weighted by Crippen LogP contribution is -2.28. The molecule has 0 radical (unpaired) electrons. The van der Waals surface area contributed by atoms with Gasteiger partial charge < -0.3 is 10.1 Å². The van der Waals surface area contributed by atoms with Crippen molar-refractivity contribution in [2.24, 2.45) is 0 Å². The molecular formula is C22H22N2O4S. The Balaban J connectivity index is 1.79. The lowest BCUT2D eigenvalue weighted by atomic mass is 10.1. The molecule has 0 saturated heterocycles. The molecule has 3 rings (SSSR count). The van der Waals surface area contributed by atoms with E-state index in [2.05, 4.69) is 10.0 Å². The molecule has 0 aliphatic rings. The molecule has 29 heavy (non-hydrogen) atoms. The number of carbonyl (C=O) groups excluding carboxylic acids is 1. The van der Waals surface area contributed by atoms with E-state index in [0.717, 1.165) is 11.3 Å². The molecule has 150 valence electrons. The number of hydrogen-bond acceptors (Lipinski definition) is 4. The second-order valence-electron chi connectivity index (χ2n) is 6.43. The van der Waals surface area contributed by atoms with Gasteiger partial charge in [-0.05, 0) is 48.9 Å². The van der Waals surface area contributed by atoms with Crippen molar-refractivity contribution >= 4 is 21.6 Å². The third-order valence-corrected chi connectivity index (χ3v) is 5.81. The molecular weight excluding hydrogens is 388 g/mol. The summed E-state index contributed by atoms with van der Waals surface area (Å²) in [4.78, 5) is 13.0. The lowest BCUT2D eigenvalue weighted by Gasteiger charge is -2.17. The number of hydrogen-bond donors (Lipinski definition) is 2. The standard InChI is InChI=1S/C22H22N2O4S/c1-16(17-12-14-18(28-2)15-13-17)23-22(25)20-10-6-7-11-21(20)24-29(26,27)19-8-4-3-5-9-19/h3-16,24H,1-2H3,(H,23,25)/t16-/m1/s1. The molecule has 1 atom stereocenters. The number of amides is 1. The number of carbonyl (C=O) groups is 1. The van der Waals surface area contributed by atoms with Gasteiger partial charge in [-0.25, -0.2) is 8.42 Å². The maximum Gasteiger partial charge on any atom is 0.261 e. The van der Waals surface area contributed by atoms with Crippen LogP contribution in [0.2, 0.25) is 0 Å². The van der Waals surface area contributed by atoms with Crippen molar-refractivity contribution in [1.29, 1.82) is 0 Å². The first-order chi connectivity index (χ1) is 13.9. The molecule has 0 aliphatic heterocycles. The number of anilines is 1. The highest BCUT2D eigenvalue weighted by atomic mass is 32.2. The maximum absolute atomic E-state index is 12.8. The fourth-order valence-corrected chi connectivity index (χ4v) is 3.92. The van der Waals surface area contributed by atoms with Gasteiger partial charge >= 0.3 is 0 Å². The predicted octanol–water partition coefficient (Wildman–Crippen LogP) is 3.99. The van der Waals surface area contributed by atoms with Gasteiger partial charge in [-0.15, -0.1) is 0 Å². The predicted molar refractivity (Wildman–Crippen MR) is 113 cm³/mol. The van der Waals surface area contributed by atoms with Crippen molar-refractivity contribution < 1.29 is 17.9 Å². The average molecular weight is 410 g/mol. The number of methoxy groups -OCH3 is 1. The van der Waals surface area contributed by atoms with Crippen LogP contribution >= 0.6 is 0 Å². The van der Waals surface area contributed by atoms with Gasteiger partial charge in [0.15, 0.2) is 0 Å². The van der Waals surface area contributed by atoms with E-state index >= 15 is 0 Å². The van der Waals surface area contributed by atoms with E-state index in [1.54, 1.807) is 49.6 Å². The molecule has 6 nitrogen and oxygen atoms in total. The Hall–Kier alpha value is -3.32.